The number of anilines is 4. The lowest BCUT2D eigenvalue weighted by molar-refractivity contribution is 0.646. The summed E-state index contributed by atoms with van der Waals surface area (Å²) in [6.07, 6.45) is 0. The maximum atomic E-state index is 5.48. The second-order valence-electron chi connectivity index (χ2n) is 9.10. The molecule has 2 aromatic carbocycles. The highest BCUT2D eigenvalue weighted by molar-refractivity contribution is 7.80. The lowest BCUT2D eigenvalue weighted by Crippen LogP contribution is -2.47. The minimum absolute atomic E-state index is 0.238. The highest BCUT2D eigenvalue weighted by atomic mass is 32.1. The van der Waals surface area contributed by atoms with Gasteiger partial charge in [-0.25, -0.2) is 0 Å². The number of hydrogen-bond donors (Lipinski definition) is 2. The van der Waals surface area contributed by atoms with Crippen LogP contribution in [0.15, 0.2) is 60.7 Å². The summed E-state index contributed by atoms with van der Waals surface area (Å²) in [5, 5.41) is 6.97. The zero-order valence-corrected chi connectivity index (χ0v) is 20.6. The van der Waals surface area contributed by atoms with Crippen LogP contribution in [0.2, 0.25) is 0 Å². The highest BCUT2D eigenvalue weighted by Crippen LogP contribution is 2.30. The lowest BCUT2D eigenvalue weighted by Gasteiger charge is -2.37. The van der Waals surface area contributed by atoms with Gasteiger partial charge in [-0.15, -0.1) is 0 Å². The van der Waals surface area contributed by atoms with E-state index >= 15 is 0 Å². The molecule has 34 heavy (non-hydrogen) atoms. The average Bonchev–Trinajstić information content (AvgIpc) is 3.28. The Kier molecular flexibility index (Phi) is 6.49. The minimum atomic E-state index is 0.238. The molecule has 0 spiro atoms. The number of hydrogen-bond acceptors (Lipinski definition) is 6. The Morgan fingerprint density at radius 3 is 1.97 bits per heavy atom. The van der Waals surface area contributed by atoms with Crippen molar-refractivity contribution < 1.29 is 0 Å². The van der Waals surface area contributed by atoms with Crippen LogP contribution in [-0.4, -0.2) is 47.3 Å². The van der Waals surface area contributed by atoms with Gasteiger partial charge in [-0.1, -0.05) is 42.5 Å². The molecule has 8 heteroatoms. The number of piperazine rings is 1. The van der Waals surface area contributed by atoms with E-state index < -0.39 is 0 Å². The van der Waals surface area contributed by atoms with Gasteiger partial charge in [0.1, 0.15) is 11.6 Å². The number of nitrogens with zero attached hydrogens (tertiary/aromatic N) is 5. The molecule has 1 saturated heterocycles. The van der Waals surface area contributed by atoms with Crippen LogP contribution in [0.1, 0.15) is 25.0 Å². The van der Waals surface area contributed by atoms with Crippen LogP contribution in [0.25, 0.3) is 0 Å². The summed E-state index contributed by atoms with van der Waals surface area (Å²) in [5.41, 5.74) is 3.98. The van der Waals surface area contributed by atoms with E-state index in [-0.39, 0.29) is 6.04 Å². The quantitative estimate of drug-likeness (QED) is 0.539. The molecule has 176 valence electrons. The van der Waals surface area contributed by atoms with E-state index in [2.05, 4.69) is 99.8 Å². The van der Waals surface area contributed by atoms with E-state index in [1.165, 1.54) is 16.8 Å². The molecule has 1 fully saturated rings. The largest absolute Gasteiger partial charge is 0.368 e. The zero-order valence-electron chi connectivity index (χ0n) is 19.7. The fraction of sp³-hybridized carbons (Fsp3) is 0.346. The summed E-state index contributed by atoms with van der Waals surface area (Å²) in [6.45, 7) is 9.53. The fourth-order valence-corrected chi connectivity index (χ4v) is 4.86. The van der Waals surface area contributed by atoms with E-state index in [4.69, 9.17) is 22.2 Å². The summed E-state index contributed by atoms with van der Waals surface area (Å²) in [4.78, 5) is 16.8. The number of nitrogens with one attached hydrogen (secondary N) is 2. The van der Waals surface area contributed by atoms with Gasteiger partial charge in [0.2, 0.25) is 5.95 Å². The number of para-hydroxylation sites is 1. The molecule has 0 amide bonds. The van der Waals surface area contributed by atoms with Gasteiger partial charge in [0.05, 0.1) is 0 Å². The minimum Gasteiger partial charge on any atom is -0.368 e. The molecule has 1 aromatic heterocycles. The molecule has 2 aliphatic rings. The number of aromatic nitrogens is 2. The second kappa shape index (κ2) is 9.85. The van der Waals surface area contributed by atoms with Crippen molar-refractivity contribution in [3.05, 3.63) is 71.8 Å². The molecule has 0 radical (unpaired) electrons. The van der Waals surface area contributed by atoms with Gasteiger partial charge in [-0.05, 0) is 49.3 Å². The molecular weight excluding hydrogens is 442 g/mol. The van der Waals surface area contributed by atoms with Gasteiger partial charge in [-0.3, -0.25) is 0 Å². The van der Waals surface area contributed by atoms with E-state index in [0.717, 1.165) is 50.9 Å². The van der Waals surface area contributed by atoms with E-state index in [0.29, 0.717) is 11.1 Å². The Balaban J connectivity index is 1.37. The Bertz CT molecular complexity index is 1120. The van der Waals surface area contributed by atoms with Crippen molar-refractivity contribution in [2.45, 2.75) is 33.0 Å². The van der Waals surface area contributed by atoms with Crippen LogP contribution >= 0.6 is 12.2 Å². The van der Waals surface area contributed by atoms with Crippen molar-refractivity contribution in [1.29, 1.82) is 0 Å². The van der Waals surface area contributed by atoms with Crippen molar-refractivity contribution in [3.8, 4) is 0 Å². The Morgan fingerprint density at radius 2 is 1.35 bits per heavy atom. The maximum Gasteiger partial charge on any atom is 0.232 e. The molecule has 5 rings (SSSR count). The fourth-order valence-electron chi connectivity index (χ4n) is 4.53. The van der Waals surface area contributed by atoms with Gasteiger partial charge >= 0.3 is 0 Å². The number of benzene rings is 2. The molecule has 2 N–H and O–H groups in total. The van der Waals surface area contributed by atoms with Crippen LogP contribution in [-0.2, 0) is 13.1 Å². The third kappa shape index (κ3) is 5.07. The van der Waals surface area contributed by atoms with Crippen LogP contribution < -0.4 is 25.3 Å². The smallest absolute Gasteiger partial charge is 0.232 e. The van der Waals surface area contributed by atoms with Gasteiger partial charge in [0, 0.05) is 57.1 Å². The van der Waals surface area contributed by atoms with Crippen molar-refractivity contribution in [3.63, 3.8) is 0 Å². The maximum absolute atomic E-state index is 5.48. The summed E-state index contributed by atoms with van der Waals surface area (Å²) in [5.74, 6) is 2.39. The van der Waals surface area contributed by atoms with Crippen LogP contribution in [0.3, 0.4) is 0 Å². The normalized spacial score (nSPS) is 15.4. The molecule has 0 atom stereocenters. The third-order valence-electron chi connectivity index (χ3n) is 6.23. The van der Waals surface area contributed by atoms with Crippen molar-refractivity contribution >= 4 is 40.6 Å². The lowest BCUT2D eigenvalue weighted by atomic mass is 10.1. The van der Waals surface area contributed by atoms with Crippen LogP contribution in [0, 0.1) is 0 Å². The van der Waals surface area contributed by atoms with E-state index in [1.54, 1.807) is 0 Å². The first-order valence-corrected chi connectivity index (χ1v) is 12.3. The number of fused-ring (bicyclic) bond motifs is 1. The highest BCUT2D eigenvalue weighted by Gasteiger charge is 2.24. The topological polar surface area (TPSA) is 59.6 Å². The molecule has 0 saturated carbocycles. The van der Waals surface area contributed by atoms with Gasteiger partial charge in [0.15, 0.2) is 5.11 Å². The van der Waals surface area contributed by atoms with Crippen molar-refractivity contribution in [1.82, 2.24) is 15.3 Å². The molecule has 0 unspecified atom stereocenters. The SMILES string of the molecule is CC(C)NC(=S)Nc1nc(N2CCN(c3ccccc3)CC2)cc(N2Cc3ccccc3C2)n1. The first-order chi connectivity index (χ1) is 16.5. The molecule has 7 nitrogen and oxygen atoms in total. The molecule has 0 aliphatic carbocycles. The monoisotopic (exact) mass is 473 g/mol. The number of rotatable bonds is 5. The molecule has 0 bridgehead atoms. The zero-order chi connectivity index (χ0) is 23.5. The van der Waals surface area contributed by atoms with Gasteiger partial charge < -0.3 is 25.3 Å². The summed E-state index contributed by atoms with van der Waals surface area (Å²) < 4.78 is 0. The Labute approximate surface area is 206 Å². The second-order valence-corrected chi connectivity index (χ2v) is 9.50. The summed E-state index contributed by atoms with van der Waals surface area (Å²) >= 11 is 5.48. The average molecular weight is 474 g/mol. The van der Waals surface area contributed by atoms with Crippen LogP contribution in [0.4, 0.5) is 23.3 Å². The summed E-state index contributed by atoms with van der Waals surface area (Å²) in [6, 6.07) is 21.6. The van der Waals surface area contributed by atoms with Crippen molar-refractivity contribution in [2.24, 2.45) is 0 Å². The first-order valence-electron chi connectivity index (χ1n) is 11.9. The number of thiocarbonyl (C=S) groups is 1. The van der Waals surface area contributed by atoms with E-state index in [1.807, 2.05) is 0 Å². The van der Waals surface area contributed by atoms with Gasteiger partial charge in [0.25, 0.3) is 0 Å². The summed E-state index contributed by atoms with van der Waals surface area (Å²) in [7, 11) is 0. The predicted octanol–water partition coefficient (Wildman–Crippen LogP) is 4.02. The first kappa shape index (κ1) is 22.4. The standard InChI is InChI=1S/C26H31N7S/c1-19(2)27-26(34)30-25-28-23(32-14-12-31(13-15-32)22-10-4-3-5-11-22)16-24(29-25)33-17-20-8-6-7-9-21(20)18-33/h3-11,16,19H,12-15,17-18H2,1-2H3,(H2,27,28,29,30,34). The third-order valence-corrected chi connectivity index (χ3v) is 6.45. The molecule has 2 aliphatic heterocycles. The molecular formula is C26H31N7S. The molecule has 3 heterocycles. The Hall–Kier alpha value is -3.39. The van der Waals surface area contributed by atoms with Gasteiger partial charge in [-0.2, -0.15) is 9.97 Å². The predicted molar refractivity (Wildman–Crippen MR) is 144 cm³/mol. The molecule has 3 aromatic rings. The van der Waals surface area contributed by atoms with Crippen LogP contribution in [0.5, 0.6) is 0 Å². The van der Waals surface area contributed by atoms with Crippen molar-refractivity contribution in [2.75, 3.05) is 46.2 Å². The Morgan fingerprint density at radius 1 is 0.794 bits per heavy atom. The van der Waals surface area contributed by atoms with E-state index in [9.17, 15) is 0 Å².